The third kappa shape index (κ3) is 6.13. The van der Waals surface area contributed by atoms with E-state index in [1.807, 2.05) is 30.3 Å². The Hall–Kier alpha value is -2.08. The van der Waals surface area contributed by atoms with Crippen LogP contribution in [-0.4, -0.2) is 42.9 Å². The van der Waals surface area contributed by atoms with Gasteiger partial charge >= 0.3 is 6.09 Å². The molecule has 0 aromatic heterocycles. The third-order valence-corrected chi connectivity index (χ3v) is 2.86. The lowest BCUT2D eigenvalue weighted by Crippen LogP contribution is -2.49. The smallest absolute Gasteiger partial charge is 0.408 e. The maximum atomic E-state index is 12.3. The third-order valence-electron chi connectivity index (χ3n) is 2.86. The highest BCUT2D eigenvalue weighted by Gasteiger charge is 2.27. The predicted molar refractivity (Wildman–Crippen MR) is 83.1 cm³/mol. The molecule has 0 spiro atoms. The summed E-state index contributed by atoms with van der Waals surface area (Å²) >= 11 is 0. The standard InChI is InChI=1S/C16H24N2O4/c1-16(2,3)22-15(20)17-13(14(19)18(4)21-5)11-12-9-7-6-8-10-12/h6-10,13H,11H2,1-5H3,(H,17,20)/t13-/m0/s1. The van der Waals surface area contributed by atoms with Gasteiger partial charge in [0.1, 0.15) is 11.6 Å². The molecule has 1 N–H and O–H groups in total. The minimum Gasteiger partial charge on any atom is -0.444 e. The number of hydroxylamine groups is 2. The molecule has 1 atom stereocenters. The number of nitrogens with one attached hydrogen (secondary N) is 1. The second kappa shape index (κ2) is 7.79. The number of carbonyl (C=O) groups excluding carboxylic acids is 2. The normalized spacial score (nSPS) is 12.4. The predicted octanol–water partition coefficient (Wildman–Crippen LogP) is 2.14. The van der Waals surface area contributed by atoms with Gasteiger partial charge in [0.15, 0.2) is 0 Å². The number of rotatable bonds is 5. The SMILES string of the molecule is CON(C)C(=O)[C@H](Cc1ccccc1)NC(=O)OC(C)(C)C. The Morgan fingerprint density at radius 2 is 1.82 bits per heavy atom. The van der Waals surface area contributed by atoms with E-state index in [2.05, 4.69) is 5.32 Å². The number of carbonyl (C=O) groups is 2. The molecule has 0 saturated heterocycles. The average molecular weight is 308 g/mol. The zero-order valence-electron chi connectivity index (χ0n) is 13.8. The molecule has 0 saturated carbocycles. The number of amides is 2. The topological polar surface area (TPSA) is 67.9 Å². The quantitative estimate of drug-likeness (QED) is 0.846. The maximum absolute atomic E-state index is 12.3. The maximum Gasteiger partial charge on any atom is 0.408 e. The molecule has 122 valence electrons. The molecule has 22 heavy (non-hydrogen) atoms. The second-order valence-corrected chi connectivity index (χ2v) is 5.91. The van der Waals surface area contributed by atoms with Crippen molar-refractivity contribution in [3.05, 3.63) is 35.9 Å². The van der Waals surface area contributed by atoms with Crippen LogP contribution in [0.2, 0.25) is 0 Å². The molecule has 1 aromatic rings. The zero-order chi connectivity index (χ0) is 16.8. The fourth-order valence-electron chi connectivity index (χ4n) is 1.81. The Kier molecular flexibility index (Phi) is 6.37. The van der Waals surface area contributed by atoms with E-state index in [0.29, 0.717) is 6.42 Å². The fourth-order valence-corrected chi connectivity index (χ4v) is 1.81. The Bertz CT molecular complexity index is 497. The Morgan fingerprint density at radius 1 is 1.23 bits per heavy atom. The lowest BCUT2D eigenvalue weighted by atomic mass is 10.1. The van der Waals surface area contributed by atoms with Crippen LogP contribution < -0.4 is 5.32 Å². The van der Waals surface area contributed by atoms with Gasteiger partial charge in [-0.25, -0.2) is 9.86 Å². The summed E-state index contributed by atoms with van der Waals surface area (Å²) in [6.07, 6.45) is -0.279. The molecule has 0 radical (unpaired) electrons. The lowest BCUT2D eigenvalue weighted by Gasteiger charge is -2.25. The van der Waals surface area contributed by atoms with Gasteiger partial charge in [-0.05, 0) is 26.3 Å². The highest BCUT2D eigenvalue weighted by atomic mass is 16.7. The van der Waals surface area contributed by atoms with E-state index in [1.54, 1.807) is 20.8 Å². The number of likely N-dealkylation sites (N-methyl/N-ethyl adjacent to an activating group) is 1. The second-order valence-electron chi connectivity index (χ2n) is 5.91. The van der Waals surface area contributed by atoms with Crippen LogP contribution in [0.15, 0.2) is 30.3 Å². The zero-order valence-corrected chi connectivity index (χ0v) is 13.8. The molecule has 0 aliphatic rings. The average Bonchev–Trinajstić information content (AvgIpc) is 2.44. The van der Waals surface area contributed by atoms with E-state index in [0.717, 1.165) is 10.6 Å². The summed E-state index contributed by atoms with van der Waals surface area (Å²) in [5, 5.41) is 3.69. The van der Waals surface area contributed by atoms with Crippen molar-refractivity contribution >= 4 is 12.0 Å². The van der Waals surface area contributed by atoms with Crippen LogP contribution in [0, 0.1) is 0 Å². The van der Waals surface area contributed by atoms with Crippen LogP contribution in [0.1, 0.15) is 26.3 Å². The lowest BCUT2D eigenvalue weighted by molar-refractivity contribution is -0.171. The summed E-state index contributed by atoms with van der Waals surface area (Å²) in [7, 11) is 2.89. The van der Waals surface area contributed by atoms with E-state index in [1.165, 1.54) is 14.2 Å². The van der Waals surface area contributed by atoms with E-state index >= 15 is 0 Å². The number of ether oxygens (including phenoxy) is 1. The number of nitrogens with zero attached hydrogens (tertiary/aromatic N) is 1. The molecular weight excluding hydrogens is 284 g/mol. The van der Waals surface area contributed by atoms with Crippen LogP contribution in [-0.2, 0) is 20.8 Å². The largest absolute Gasteiger partial charge is 0.444 e. The van der Waals surface area contributed by atoms with Crippen molar-refractivity contribution < 1.29 is 19.2 Å². The Balaban J connectivity index is 2.82. The molecule has 1 rings (SSSR count). The van der Waals surface area contributed by atoms with Crippen molar-refractivity contribution in [3.63, 3.8) is 0 Å². The van der Waals surface area contributed by atoms with E-state index in [4.69, 9.17) is 9.57 Å². The Morgan fingerprint density at radius 3 is 2.32 bits per heavy atom. The van der Waals surface area contributed by atoms with E-state index < -0.39 is 17.7 Å². The molecule has 6 heteroatoms. The Labute approximate surface area is 131 Å². The molecule has 0 aliphatic carbocycles. The van der Waals surface area contributed by atoms with Gasteiger partial charge in [-0.1, -0.05) is 30.3 Å². The molecule has 6 nitrogen and oxygen atoms in total. The number of hydrogen-bond donors (Lipinski definition) is 1. The minimum atomic E-state index is -0.762. The van der Waals surface area contributed by atoms with Crippen LogP contribution in [0.25, 0.3) is 0 Å². The van der Waals surface area contributed by atoms with Gasteiger partial charge in [0, 0.05) is 13.5 Å². The van der Waals surface area contributed by atoms with Gasteiger partial charge in [-0.15, -0.1) is 0 Å². The monoisotopic (exact) mass is 308 g/mol. The molecule has 2 amide bonds. The van der Waals surface area contributed by atoms with E-state index in [9.17, 15) is 9.59 Å². The van der Waals surface area contributed by atoms with Gasteiger partial charge in [0.05, 0.1) is 7.11 Å². The van der Waals surface area contributed by atoms with Gasteiger partial charge < -0.3 is 10.1 Å². The summed E-state index contributed by atoms with van der Waals surface area (Å²) in [5.74, 6) is -0.350. The summed E-state index contributed by atoms with van der Waals surface area (Å²) in [5.41, 5.74) is 0.304. The minimum absolute atomic E-state index is 0.350. The first kappa shape index (κ1) is 18.0. The molecule has 0 fully saturated rings. The summed E-state index contributed by atoms with van der Waals surface area (Å²) in [6, 6.07) is 8.67. The highest BCUT2D eigenvalue weighted by Crippen LogP contribution is 2.09. The van der Waals surface area contributed by atoms with Crippen molar-refractivity contribution in [2.45, 2.75) is 38.8 Å². The van der Waals surface area contributed by atoms with Crippen molar-refractivity contribution in [3.8, 4) is 0 Å². The van der Waals surface area contributed by atoms with Crippen LogP contribution in [0.4, 0.5) is 4.79 Å². The van der Waals surface area contributed by atoms with Crippen molar-refractivity contribution in [1.29, 1.82) is 0 Å². The summed E-state index contributed by atoms with van der Waals surface area (Å²) in [6.45, 7) is 5.30. The van der Waals surface area contributed by atoms with Crippen LogP contribution in [0.5, 0.6) is 0 Å². The number of hydrogen-bond acceptors (Lipinski definition) is 4. The number of benzene rings is 1. The summed E-state index contributed by atoms with van der Waals surface area (Å²) < 4.78 is 5.21. The van der Waals surface area contributed by atoms with Crippen molar-refractivity contribution in [1.82, 2.24) is 10.4 Å². The van der Waals surface area contributed by atoms with Crippen molar-refractivity contribution in [2.24, 2.45) is 0 Å². The molecule has 0 aliphatic heterocycles. The molecule has 0 unspecified atom stereocenters. The first-order valence-electron chi connectivity index (χ1n) is 7.08. The molecule has 0 heterocycles. The van der Waals surface area contributed by atoms with E-state index in [-0.39, 0.29) is 5.91 Å². The van der Waals surface area contributed by atoms with Gasteiger partial charge in [0.25, 0.3) is 5.91 Å². The van der Waals surface area contributed by atoms with Gasteiger partial charge in [-0.2, -0.15) is 0 Å². The van der Waals surface area contributed by atoms with Crippen LogP contribution >= 0.6 is 0 Å². The number of alkyl carbamates (subject to hydrolysis) is 1. The molecule has 1 aromatic carbocycles. The van der Waals surface area contributed by atoms with Gasteiger partial charge in [-0.3, -0.25) is 9.63 Å². The van der Waals surface area contributed by atoms with Crippen molar-refractivity contribution in [2.75, 3.05) is 14.2 Å². The first-order chi connectivity index (χ1) is 10.2. The first-order valence-corrected chi connectivity index (χ1v) is 7.08. The fraction of sp³-hybridized carbons (Fsp3) is 0.500. The highest BCUT2D eigenvalue weighted by molar-refractivity contribution is 5.85. The summed E-state index contributed by atoms with van der Waals surface area (Å²) in [4.78, 5) is 29.1. The molecular formula is C16H24N2O4. The van der Waals surface area contributed by atoms with Crippen LogP contribution in [0.3, 0.4) is 0 Å². The van der Waals surface area contributed by atoms with Gasteiger partial charge in [0.2, 0.25) is 0 Å². The molecule has 0 bridgehead atoms.